The average molecular weight is 325 g/mol. The summed E-state index contributed by atoms with van der Waals surface area (Å²) in [6, 6.07) is 10.7. The molecule has 1 amide bonds. The third kappa shape index (κ3) is 3.21. The Bertz CT molecular complexity index is 440. The number of carbonyl (C=O) groups is 1. The van der Waals surface area contributed by atoms with Gasteiger partial charge in [-0.2, -0.15) is 10.5 Å². The van der Waals surface area contributed by atoms with E-state index in [1.165, 1.54) is 4.90 Å². The number of carbonyl (C=O) groups excluding carboxylic acids is 1. The topological polar surface area (TPSA) is 67.9 Å². The van der Waals surface area contributed by atoms with E-state index in [9.17, 15) is 4.79 Å². The Morgan fingerprint density at radius 1 is 1.19 bits per heavy atom. The van der Waals surface area contributed by atoms with E-state index in [4.69, 9.17) is 10.5 Å². The highest BCUT2D eigenvalue weighted by atomic mass is 127. The summed E-state index contributed by atoms with van der Waals surface area (Å²) in [6.07, 6.45) is 0. The predicted octanol–water partition coefficient (Wildman–Crippen LogP) is 1.78. The third-order valence-electron chi connectivity index (χ3n) is 1.90. The van der Waals surface area contributed by atoms with Crippen LogP contribution in [0, 0.1) is 26.2 Å². The van der Waals surface area contributed by atoms with Crippen LogP contribution in [0.3, 0.4) is 0 Å². The van der Waals surface area contributed by atoms with Gasteiger partial charge in [0.2, 0.25) is 0 Å². The predicted molar refractivity (Wildman–Crippen MR) is 66.3 cm³/mol. The summed E-state index contributed by atoms with van der Waals surface area (Å²) in [6.45, 7) is -0.142. The fourth-order valence-electron chi connectivity index (χ4n) is 1.15. The molecular formula is C11H8IN3O. The van der Waals surface area contributed by atoms with E-state index < -0.39 is 0 Å². The maximum absolute atomic E-state index is 11.9. The van der Waals surface area contributed by atoms with Gasteiger partial charge in [-0.25, -0.2) is 0 Å². The number of halogens is 1. The van der Waals surface area contributed by atoms with Gasteiger partial charge in [0.1, 0.15) is 13.1 Å². The Kier molecular flexibility index (Phi) is 4.74. The molecule has 16 heavy (non-hydrogen) atoms. The van der Waals surface area contributed by atoms with Crippen LogP contribution in [0.4, 0.5) is 0 Å². The van der Waals surface area contributed by atoms with Crippen LogP contribution in [0.15, 0.2) is 24.3 Å². The Morgan fingerprint density at radius 3 is 2.12 bits per heavy atom. The van der Waals surface area contributed by atoms with Crippen LogP contribution in [-0.4, -0.2) is 23.9 Å². The molecule has 0 saturated carbocycles. The van der Waals surface area contributed by atoms with Gasteiger partial charge in [-0.3, -0.25) is 4.79 Å². The molecule has 0 fully saturated rings. The second kappa shape index (κ2) is 6.09. The Balaban J connectivity index is 2.87. The summed E-state index contributed by atoms with van der Waals surface area (Å²) in [4.78, 5) is 13.1. The second-order valence-electron chi connectivity index (χ2n) is 2.98. The molecule has 1 rings (SSSR count). The number of nitrogens with zero attached hydrogens (tertiary/aromatic N) is 3. The lowest BCUT2D eigenvalue weighted by Crippen LogP contribution is -2.31. The van der Waals surface area contributed by atoms with Crippen LogP contribution in [0.2, 0.25) is 0 Å². The zero-order valence-corrected chi connectivity index (χ0v) is 10.5. The van der Waals surface area contributed by atoms with Crippen LogP contribution in [-0.2, 0) is 0 Å². The minimum atomic E-state index is -0.292. The SMILES string of the molecule is N#CCN(CC#N)C(=O)c1ccc(I)cc1. The largest absolute Gasteiger partial charge is 0.312 e. The van der Waals surface area contributed by atoms with Crippen molar-refractivity contribution in [2.24, 2.45) is 0 Å². The maximum atomic E-state index is 11.9. The molecular weight excluding hydrogens is 317 g/mol. The highest BCUT2D eigenvalue weighted by Crippen LogP contribution is 2.09. The molecule has 0 radical (unpaired) electrons. The highest BCUT2D eigenvalue weighted by molar-refractivity contribution is 14.1. The normalized spacial score (nSPS) is 8.94. The molecule has 0 heterocycles. The van der Waals surface area contributed by atoms with Gasteiger partial charge in [-0.15, -0.1) is 0 Å². The minimum absolute atomic E-state index is 0.0711. The molecule has 0 unspecified atom stereocenters. The van der Waals surface area contributed by atoms with Crippen molar-refractivity contribution in [1.82, 2.24) is 4.90 Å². The van der Waals surface area contributed by atoms with Gasteiger partial charge in [0.25, 0.3) is 5.91 Å². The van der Waals surface area contributed by atoms with Crippen molar-refractivity contribution >= 4 is 28.5 Å². The van der Waals surface area contributed by atoms with E-state index in [-0.39, 0.29) is 19.0 Å². The van der Waals surface area contributed by atoms with Crippen molar-refractivity contribution in [2.75, 3.05) is 13.1 Å². The van der Waals surface area contributed by atoms with Crippen LogP contribution < -0.4 is 0 Å². The van der Waals surface area contributed by atoms with Gasteiger partial charge >= 0.3 is 0 Å². The van der Waals surface area contributed by atoms with E-state index in [0.717, 1.165) is 3.57 Å². The average Bonchev–Trinajstić information content (AvgIpc) is 2.29. The van der Waals surface area contributed by atoms with E-state index >= 15 is 0 Å². The Morgan fingerprint density at radius 2 is 1.69 bits per heavy atom. The molecule has 0 bridgehead atoms. The lowest BCUT2D eigenvalue weighted by molar-refractivity contribution is 0.0794. The first-order valence-electron chi connectivity index (χ1n) is 4.47. The molecule has 80 valence electrons. The van der Waals surface area contributed by atoms with Crippen LogP contribution in [0.5, 0.6) is 0 Å². The van der Waals surface area contributed by atoms with E-state index in [2.05, 4.69) is 22.6 Å². The fraction of sp³-hybridized carbons (Fsp3) is 0.182. The number of hydrogen-bond acceptors (Lipinski definition) is 3. The zero-order valence-electron chi connectivity index (χ0n) is 8.35. The third-order valence-corrected chi connectivity index (χ3v) is 2.62. The van der Waals surface area contributed by atoms with Gasteiger partial charge in [0, 0.05) is 9.13 Å². The fourth-order valence-corrected chi connectivity index (χ4v) is 1.50. The molecule has 0 N–H and O–H groups in total. The van der Waals surface area contributed by atoms with Crippen LogP contribution in [0.1, 0.15) is 10.4 Å². The first kappa shape index (κ1) is 12.5. The van der Waals surface area contributed by atoms with Crippen molar-refractivity contribution in [3.63, 3.8) is 0 Å². The molecule has 4 nitrogen and oxygen atoms in total. The lowest BCUT2D eigenvalue weighted by Gasteiger charge is -2.15. The van der Waals surface area contributed by atoms with Gasteiger partial charge in [-0.05, 0) is 46.9 Å². The minimum Gasteiger partial charge on any atom is -0.312 e. The van der Waals surface area contributed by atoms with Crippen molar-refractivity contribution in [3.8, 4) is 12.1 Å². The number of amides is 1. The summed E-state index contributed by atoms with van der Waals surface area (Å²) < 4.78 is 1.03. The Hall–Kier alpha value is -1.60. The van der Waals surface area contributed by atoms with Crippen molar-refractivity contribution in [2.45, 2.75) is 0 Å². The van der Waals surface area contributed by atoms with Gasteiger partial charge in [0.05, 0.1) is 12.1 Å². The standard InChI is InChI=1S/C11H8IN3O/c12-10-3-1-9(2-4-10)11(16)15(7-5-13)8-6-14/h1-4H,7-8H2. The number of rotatable bonds is 3. The second-order valence-corrected chi connectivity index (χ2v) is 4.23. The summed E-state index contributed by atoms with van der Waals surface area (Å²) in [5, 5.41) is 17.1. The molecule has 0 aliphatic rings. The number of nitriles is 2. The smallest absolute Gasteiger partial charge is 0.255 e. The summed E-state index contributed by atoms with van der Waals surface area (Å²) in [5.41, 5.74) is 0.492. The molecule has 1 aromatic carbocycles. The summed E-state index contributed by atoms with van der Waals surface area (Å²) in [5.74, 6) is -0.292. The summed E-state index contributed by atoms with van der Waals surface area (Å²) in [7, 11) is 0. The summed E-state index contributed by atoms with van der Waals surface area (Å²) >= 11 is 2.14. The van der Waals surface area contributed by atoms with E-state index in [1.807, 2.05) is 24.3 Å². The highest BCUT2D eigenvalue weighted by Gasteiger charge is 2.14. The van der Waals surface area contributed by atoms with Crippen molar-refractivity contribution in [3.05, 3.63) is 33.4 Å². The van der Waals surface area contributed by atoms with Crippen LogP contribution >= 0.6 is 22.6 Å². The van der Waals surface area contributed by atoms with Gasteiger partial charge in [0.15, 0.2) is 0 Å². The Labute approximate surface area is 107 Å². The number of hydrogen-bond donors (Lipinski definition) is 0. The quantitative estimate of drug-likeness (QED) is 0.628. The lowest BCUT2D eigenvalue weighted by atomic mass is 10.2. The molecule has 0 saturated heterocycles. The van der Waals surface area contributed by atoms with Gasteiger partial charge < -0.3 is 4.90 Å². The zero-order chi connectivity index (χ0) is 12.0. The molecule has 0 spiro atoms. The molecule has 0 aromatic heterocycles. The van der Waals surface area contributed by atoms with Crippen molar-refractivity contribution in [1.29, 1.82) is 10.5 Å². The van der Waals surface area contributed by atoms with Crippen molar-refractivity contribution < 1.29 is 4.79 Å². The molecule has 0 aliphatic carbocycles. The van der Waals surface area contributed by atoms with Crippen LogP contribution in [0.25, 0.3) is 0 Å². The first-order chi connectivity index (χ1) is 7.69. The molecule has 0 aliphatic heterocycles. The number of benzene rings is 1. The molecule has 5 heteroatoms. The molecule has 0 atom stereocenters. The maximum Gasteiger partial charge on any atom is 0.255 e. The monoisotopic (exact) mass is 325 g/mol. The molecule has 1 aromatic rings. The van der Waals surface area contributed by atoms with Gasteiger partial charge in [-0.1, -0.05) is 0 Å². The first-order valence-corrected chi connectivity index (χ1v) is 5.55. The van der Waals surface area contributed by atoms with E-state index in [0.29, 0.717) is 5.56 Å². The van der Waals surface area contributed by atoms with E-state index in [1.54, 1.807) is 12.1 Å².